The molecule has 1 heterocycles. The lowest BCUT2D eigenvalue weighted by molar-refractivity contribution is -0.121. The van der Waals surface area contributed by atoms with Gasteiger partial charge in [-0.25, -0.2) is 4.98 Å². The first kappa shape index (κ1) is 14.0. The fraction of sp³-hybridized carbons (Fsp3) is 0.417. The summed E-state index contributed by atoms with van der Waals surface area (Å²) in [6.07, 6.45) is 2.35. The Bertz CT molecular complexity index is 434. The van der Waals surface area contributed by atoms with Crippen molar-refractivity contribution in [3.8, 4) is 0 Å². The largest absolute Gasteiger partial charge is 0.397 e. The average molecular weight is 250 g/mol. The Morgan fingerprint density at radius 2 is 2.22 bits per heavy atom. The highest BCUT2D eigenvalue weighted by atomic mass is 16.2. The number of hydrogen-bond acceptors (Lipinski definition) is 4. The van der Waals surface area contributed by atoms with Crippen LogP contribution in [0.1, 0.15) is 23.8 Å². The molecule has 3 N–H and O–H groups in total. The molecule has 0 saturated carbocycles. The van der Waals surface area contributed by atoms with Gasteiger partial charge in [-0.05, 0) is 18.6 Å². The molecule has 0 saturated heterocycles. The molecule has 6 nitrogen and oxygen atoms in total. The van der Waals surface area contributed by atoms with Crippen molar-refractivity contribution in [1.29, 1.82) is 0 Å². The summed E-state index contributed by atoms with van der Waals surface area (Å²) in [5.41, 5.74) is 6.14. The monoisotopic (exact) mass is 250 g/mol. The number of aromatic nitrogens is 1. The predicted molar refractivity (Wildman–Crippen MR) is 68.9 cm³/mol. The third-order valence-electron chi connectivity index (χ3n) is 2.34. The van der Waals surface area contributed by atoms with Gasteiger partial charge in [0, 0.05) is 19.8 Å². The second kappa shape index (κ2) is 6.58. The molecule has 6 heteroatoms. The fourth-order valence-corrected chi connectivity index (χ4v) is 1.38. The van der Waals surface area contributed by atoms with E-state index in [1.807, 2.05) is 6.92 Å². The summed E-state index contributed by atoms with van der Waals surface area (Å²) in [6.45, 7) is 2.56. The van der Waals surface area contributed by atoms with Crippen LogP contribution in [0.2, 0.25) is 0 Å². The SMILES string of the molecule is CCCNC(=O)CN(C)C(=O)c1ncccc1N. The zero-order chi connectivity index (χ0) is 13.5. The van der Waals surface area contributed by atoms with Crippen molar-refractivity contribution in [3.63, 3.8) is 0 Å². The molecule has 0 aliphatic heterocycles. The Morgan fingerprint density at radius 3 is 2.83 bits per heavy atom. The van der Waals surface area contributed by atoms with E-state index in [4.69, 9.17) is 5.73 Å². The van der Waals surface area contributed by atoms with Crippen LogP contribution in [0.5, 0.6) is 0 Å². The minimum atomic E-state index is -0.361. The molecule has 0 spiro atoms. The van der Waals surface area contributed by atoms with Gasteiger partial charge in [-0.3, -0.25) is 9.59 Å². The third-order valence-corrected chi connectivity index (χ3v) is 2.34. The number of nitrogens with zero attached hydrogens (tertiary/aromatic N) is 2. The van der Waals surface area contributed by atoms with Crippen molar-refractivity contribution in [2.24, 2.45) is 0 Å². The quantitative estimate of drug-likeness (QED) is 0.784. The minimum absolute atomic E-state index is 0.00511. The predicted octanol–water partition coefficient (Wildman–Crippen LogP) is 0.262. The molecule has 0 atom stereocenters. The van der Waals surface area contributed by atoms with Crippen LogP contribution in [0.15, 0.2) is 18.3 Å². The number of hydrogen-bond donors (Lipinski definition) is 2. The van der Waals surface area contributed by atoms with E-state index in [1.54, 1.807) is 19.2 Å². The standard InChI is InChI=1S/C12H18N4O2/c1-3-6-14-10(17)8-16(2)12(18)11-9(13)5-4-7-15-11/h4-5,7H,3,6,8,13H2,1-2H3,(H,14,17). The van der Waals surface area contributed by atoms with Gasteiger partial charge in [-0.15, -0.1) is 0 Å². The second-order valence-electron chi connectivity index (χ2n) is 3.95. The van der Waals surface area contributed by atoms with Crippen LogP contribution < -0.4 is 11.1 Å². The summed E-state index contributed by atoms with van der Waals surface area (Å²) < 4.78 is 0. The summed E-state index contributed by atoms with van der Waals surface area (Å²) >= 11 is 0. The van der Waals surface area contributed by atoms with Gasteiger partial charge in [0.1, 0.15) is 0 Å². The van der Waals surface area contributed by atoms with Crippen molar-refractivity contribution >= 4 is 17.5 Å². The zero-order valence-corrected chi connectivity index (χ0v) is 10.6. The molecule has 2 amide bonds. The molecular formula is C12H18N4O2. The maximum absolute atomic E-state index is 12.0. The molecule has 1 aromatic rings. The van der Waals surface area contributed by atoms with E-state index in [0.29, 0.717) is 12.2 Å². The Morgan fingerprint density at radius 1 is 1.50 bits per heavy atom. The number of pyridine rings is 1. The fourth-order valence-electron chi connectivity index (χ4n) is 1.38. The van der Waals surface area contributed by atoms with E-state index < -0.39 is 0 Å². The lowest BCUT2D eigenvalue weighted by atomic mass is 10.2. The van der Waals surface area contributed by atoms with Crippen LogP contribution in [0.4, 0.5) is 5.69 Å². The van der Waals surface area contributed by atoms with E-state index in [1.165, 1.54) is 11.1 Å². The molecule has 0 aliphatic rings. The van der Waals surface area contributed by atoms with Crippen LogP contribution in [0.3, 0.4) is 0 Å². The van der Waals surface area contributed by atoms with Crippen LogP contribution in [-0.4, -0.2) is 41.8 Å². The highest BCUT2D eigenvalue weighted by molar-refractivity contribution is 5.98. The number of likely N-dealkylation sites (N-methyl/N-ethyl adjacent to an activating group) is 1. The van der Waals surface area contributed by atoms with Crippen molar-refractivity contribution < 1.29 is 9.59 Å². The van der Waals surface area contributed by atoms with Crippen molar-refractivity contribution in [3.05, 3.63) is 24.0 Å². The maximum Gasteiger partial charge on any atom is 0.274 e. The number of carbonyl (C=O) groups is 2. The van der Waals surface area contributed by atoms with Gasteiger partial charge in [-0.1, -0.05) is 6.92 Å². The van der Waals surface area contributed by atoms with Gasteiger partial charge in [-0.2, -0.15) is 0 Å². The van der Waals surface area contributed by atoms with Crippen molar-refractivity contribution in [2.45, 2.75) is 13.3 Å². The van der Waals surface area contributed by atoms with Gasteiger partial charge in [0.25, 0.3) is 5.91 Å². The van der Waals surface area contributed by atoms with Crippen LogP contribution in [-0.2, 0) is 4.79 Å². The molecule has 0 fully saturated rings. The normalized spacial score (nSPS) is 9.89. The Balaban J connectivity index is 2.62. The van der Waals surface area contributed by atoms with Crippen molar-refractivity contribution in [1.82, 2.24) is 15.2 Å². The van der Waals surface area contributed by atoms with Gasteiger partial charge in [0.05, 0.1) is 12.2 Å². The molecule has 18 heavy (non-hydrogen) atoms. The summed E-state index contributed by atoms with van der Waals surface area (Å²) in [5, 5.41) is 2.70. The lowest BCUT2D eigenvalue weighted by Gasteiger charge is -2.16. The van der Waals surface area contributed by atoms with Gasteiger partial charge >= 0.3 is 0 Å². The summed E-state index contributed by atoms with van der Waals surface area (Å²) in [6, 6.07) is 3.26. The maximum atomic E-state index is 12.0. The number of nitrogen functional groups attached to an aromatic ring is 1. The molecule has 0 aliphatic carbocycles. The highest BCUT2D eigenvalue weighted by Crippen LogP contribution is 2.09. The Hall–Kier alpha value is -2.11. The highest BCUT2D eigenvalue weighted by Gasteiger charge is 2.17. The van der Waals surface area contributed by atoms with E-state index in [2.05, 4.69) is 10.3 Å². The van der Waals surface area contributed by atoms with Gasteiger partial charge in [0.2, 0.25) is 5.91 Å². The smallest absolute Gasteiger partial charge is 0.274 e. The minimum Gasteiger partial charge on any atom is -0.397 e. The summed E-state index contributed by atoms with van der Waals surface area (Å²) in [4.78, 5) is 28.7. The van der Waals surface area contributed by atoms with E-state index >= 15 is 0 Å². The Kier molecular flexibility index (Phi) is 5.10. The first-order chi connectivity index (χ1) is 8.56. The zero-order valence-electron chi connectivity index (χ0n) is 10.6. The number of carbonyl (C=O) groups excluding carboxylic acids is 2. The molecule has 0 aromatic carbocycles. The molecule has 98 valence electrons. The second-order valence-corrected chi connectivity index (χ2v) is 3.95. The first-order valence-electron chi connectivity index (χ1n) is 5.79. The summed E-state index contributed by atoms with van der Waals surface area (Å²) in [7, 11) is 1.54. The van der Waals surface area contributed by atoms with E-state index in [9.17, 15) is 9.59 Å². The number of nitrogens with two attached hydrogens (primary N) is 1. The van der Waals surface area contributed by atoms with Crippen molar-refractivity contribution in [2.75, 3.05) is 25.9 Å². The van der Waals surface area contributed by atoms with Crippen LogP contribution in [0, 0.1) is 0 Å². The molecule has 0 unspecified atom stereocenters. The van der Waals surface area contributed by atoms with Crippen LogP contribution in [0.25, 0.3) is 0 Å². The molecule has 0 bridgehead atoms. The number of rotatable bonds is 5. The number of anilines is 1. The third kappa shape index (κ3) is 3.73. The molecular weight excluding hydrogens is 232 g/mol. The van der Waals surface area contributed by atoms with E-state index in [0.717, 1.165) is 6.42 Å². The molecule has 1 rings (SSSR count). The van der Waals surface area contributed by atoms with Crippen LogP contribution >= 0.6 is 0 Å². The topological polar surface area (TPSA) is 88.3 Å². The molecule has 0 radical (unpaired) electrons. The number of nitrogens with one attached hydrogen (secondary N) is 1. The molecule has 1 aromatic heterocycles. The number of amides is 2. The van der Waals surface area contributed by atoms with Gasteiger partial charge in [0.15, 0.2) is 5.69 Å². The Labute approximate surface area is 106 Å². The van der Waals surface area contributed by atoms with E-state index in [-0.39, 0.29) is 24.1 Å². The lowest BCUT2D eigenvalue weighted by Crippen LogP contribution is -2.39. The first-order valence-corrected chi connectivity index (χ1v) is 5.79. The average Bonchev–Trinajstić information content (AvgIpc) is 2.36. The summed E-state index contributed by atoms with van der Waals surface area (Å²) in [5.74, 6) is -0.554. The van der Waals surface area contributed by atoms with Gasteiger partial charge < -0.3 is 16.0 Å².